The summed E-state index contributed by atoms with van der Waals surface area (Å²) in [5.74, 6) is 1.03. The molecule has 0 bridgehead atoms. The summed E-state index contributed by atoms with van der Waals surface area (Å²) < 4.78 is 1.41. The third-order valence-electron chi connectivity index (χ3n) is 5.10. The van der Waals surface area contributed by atoms with Gasteiger partial charge in [-0.15, -0.1) is 0 Å². The fraction of sp³-hybridized carbons (Fsp3) is 0.227. The van der Waals surface area contributed by atoms with Crippen molar-refractivity contribution in [3.8, 4) is 0 Å². The summed E-state index contributed by atoms with van der Waals surface area (Å²) in [6.45, 7) is 6.47. The van der Waals surface area contributed by atoms with Crippen LogP contribution in [0.3, 0.4) is 0 Å². The van der Waals surface area contributed by atoms with Crippen LogP contribution in [0.25, 0.3) is 5.78 Å². The number of anilines is 1. The monoisotopic (exact) mass is 407 g/mol. The summed E-state index contributed by atoms with van der Waals surface area (Å²) >= 11 is 5.95. The van der Waals surface area contributed by atoms with E-state index >= 15 is 0 Å². The lowest BCUT2D eigenvalue weighted by molar-refractivity contribution is 0.832. The molecule has 0 saturated heterocycles. The minimum Gasteiger partial charge on any atom is -0.378 e. The molecule has 4 aromatic rings. The highest BCUT2D eigenvalue weighted by atomic mass is 35.5. The van der Waals surface area contributed by atoms with Crippen molar-refractivity contribution in [1.82, 2.24) is 19.6 Å². The fourth-order valence-corrected chi connectivity index (χ4v) is 3.35. The van der Waals surface area contributed by atoms with E-state index in [0.29, 0.717) is 40.8 Å². The Morgan fingerprint density at radius 3 is 2.52 bits per heavy atom. The number of hydrogen-bond acceptors (Lipinski definition) is 4. The predicted molar refractivity (Wildman–Crippen MR) is 116 cm³/mol. The number of halogens is 1. The second kappa shape index (κ2) is 7.72. The largest absolute Gasteiger partial charge is 0.378 e. The molecular weight excluding hydrogens is 386 g/mol. The van der Waals surface area contributed by atoms with Crippen molar-refractivity contribution in [3.63, 3.8) is 0 Å². The Morgan fingerprint density at radius 1 is 1.03 bits per heavy atom. The number of fused-ring (bicyclic) bond motifs is 1. The molecule has 0 aliphatic rings. The molecule has 0 unspecified atom stereocenters. The molecule has 148 valence electrons. The summed E-state index contributed by atoms with van der Waals surface area (Å²) in [5.41, 5.74) is 5.68. The lowest BCUT2D eigenvalue weighted by Crippen LogP contribution is -2.22. The zero-order valence-corrected chi connectivity index (χ0v) is 17.3. The zero-order chi connectivity index (χ0) is 20.5. The first-order valence-electron chi connectivity index (χ1n) is 9.43. The molecule has 0 saturated carbocycles. The number of nitrogens with zero attached hydrogens (tertiary/aromatic N) is 3. The molecule has 4 rings (SSSR count). The van der Waals surface area contributed by atoms with Gasteiger partial charge in [0.1, 0.15) is 5.82 Å². The number of hydrogen-bond donors (Lipinski definition) is 2. The first-order chi connectivity index (χ1) is 13.9. The maximum Gasteiger partial charge on any atom is 0.277 e. The highest BCUT2D eigenvalue weighted by Gasteiger charge is 2.14. The van der Waals surface area contributed by atoms with Gasteiger partial charge in [-0.2, -0.15) is 9.50 Å². The molecule has 7 heteroatoms. The van der Waals surface area contributed by atoms with Crippen molar-refractivity contribution in [2.45, 2.75) is 33.7 Å². The molecule has 29 heavy (non-hydrogen) atoms. The summed E-state index contributed by atoms with van der Waals surface area (Å²) in [6, 6.07) is 13.7. The van der Waals surface area contributed by atoms with E-state index in [0.717, 1.165) is 11.3 Å². The van der Waals surface area contributed by atoms with Gasteiger partial charge in [0, 0.05) is 22.7 Å². The maximum atomic E-state index is 13.0. The van der Waals surface area contributed by atoms with E-state index in [1.165, 1.54) is 15.6 Å². The summed E-state index contributed by atoms with van der Waals surface area (Å²) in [6.07, 6.45) is 0.493. The predicted octanol–water partition coefficient (Wildman–Crippen LogP) is 4.20. The number of aromatic nitrogens is 4. The smallest absolute Gasteiger partial charge is 0.277 e. The molecule has 2 heterocycles. The van der Waals surface area contributed by atoms with Crippen LogP contribution >= 0.6 is 11.6 Å². The van der Waals surface area contributed by atoms with E-state index in [-0.39, 0.29) is 5.56 Å². The van der Waals surface area contributed by atoms with E-state index in [1.54, 1.807) is 0 Å². The molecule has 0 aliphatic heterocycles. The number of aryl methyl sites for hydroxylation is 3. The Kier molecular flexibility index (Phi) is 5.11. The van der Waals surface area contributed by atoms with Gasteiger partial charge in [0.2, 0.25) is 0 Å². The van der Waals surface area contributed by atoms with Gasteiger partial charge in [-0.25, -0.2) is 4.98 Å². The Morgan fingerprint density at radius 2 is 1.79 bits per heavy atom. The number of nitrogens with one attached hydrogen (secondary N) is 2. The van der Waals surface area contributed by atoms with Crippen molar-refractivity contribution in [2.24, 2.45) is 0 Å². The minimum atomic E-state index is -0.132. The van der Waals surface area contributed by atoms with Crippen molar-refractivity contribution in [2.75, 3.05) is 5.32 Å². The van der Waals surface area contributed by atoms with E-state index in [4.69, 9.17) is 11.6 Å². The Bertz CT molecular complexity index is 1240. The van der Waals surface area contributed by atoms with E-state index < -0.39 is 0 Å². The van der Waals surface area contributed by atoms with Gasteiger partial charge in [0.15, 0.2) is 0 Å². The summed E-state index contributed by atoms with van der Waals surface area (Å²) in [4.78, 5) is 22.0. The van der Waals surface area contributed by atoms with Gasteiger partial charge >= 0.3 is 0 Å². The minimum absolute atomic E-state index is 0.132. The van der Waals surface area contributed by atoms with Crippen LogP contribution < -0.4 is 10.9 Å². The second-order valence-electron chi connectivity index (χ2n) is 7.24. The average Bonchev–Trinajstić information content (AvgIpc) is 3.10. The number of rotatable bonds is 5. The maximum absolute atomic E-state index is 13.0. The van der Waals surface area contributed by atoms with Gasteiger partial charge < -0.3 is 5.32 Å². The molecule has 0 radical (unpaired) electrons. The van der Waals surface area contributed by atoms with Crippen LogP contribution in [0.2, 0.25) is 5.02 Å². The first kappa shape index (κ1) is 19.2. The Labute approximate surface area is 173 Å². The van der Waals surface area contributed by atoms with Crippen LogP contribution in [0.5, 0.6) is 0 Å². The Balaban J connectivity index is 1.60. The normalized spacial score (nSPS) is 11.2. The van der Waals surface area contributed by atoms with Crippen molar-refractivity contribution in [1.29, 1.82) is 0 Å². The van der Waals surface area contributed by atoms with Gasteiger partial charge in [0.05, 0.1) is 12.2 Å². The van der Waals surface area contributed by atoms with E-state index in [1.807, 2.05) is 37.3 Å². The lowest BCUT2D eigenvalue weighted by atomic mass is 10.1. The molecule has 0 aliphatic carbocycles. The molecule has 2 aromatic heterocycles. The molecule has 0 fully saturated rings. The molecule has 2 aromatic carbocycles. The number of H-pyrrole nitrogens is 1. The van der Waals surface area contributed by atoms with Gasteiger partial charge in [-0.1, -0.05) is 29.8 Å². The summed E-state index contributed by atoms with van der Waals surface area (Å²) in [5, 5.41) is 7.08. The first-order valence-corrected chi connectivity index (χ1v) is 9.81. The van der Waals surface area contributed by atoms with Gasteiger partial charge in [0.25, 0.3) is 11.3 Å². The lowest BCUT2D eigenvalue weighted by Gasteiger charge is -2.07. The molecule has 6 nitrogen and oxygen atoms in total. The highest BCUT2D eigenvalue weighted by Crippen LogP contribution is 2.16. The fourth-order valence-electron chi connectivity index (χ4n) is 3.22. The third-order valence-corrected chi connectivity index (χ3v) is 5.35. The number of aromatic amines is 1. The van der Waals surface area contributed by atoms with Crippen molar-refractivity contribution in [3.05, 3.63) is 91.6 Å². The third kappa shape index (κ3) is 4.03. The molecule has 0 amide bonds. The SMILES string of the molecule is Cc1ccc(NCc2nc3nc(C)c(Cc4ccc(Cl)cc4)c(=O)n3[nH]2)cc1C. The number of benzene rings is 2. The standard InChI is InChI=1S/C22H22ClN5O/c1-13-4-9-18(10-14(13)2)24-12-20-26-22-25-15(3)19(21(29)28(22)27-20)11-16-5-7-17(23)8-6-16/h4-10,24H,11-12H2,1-3H3,(H,25,26,27). The topological polar surface area (TPSA) is 75.1 Å². The average molecular weight is 408 g/mol. The Hall–Kier alpha value is -3.12. The van der Waals surface area contributed by atoms with Crippen LogP contribution in [-0.4, -0.2) is 19.6 Å². The van der Waals surface area contributed by atoms with E-state index in [2.05, 4.69) is 46.4 Å². The van der Waals surface area contributed by atoms with Gasteiger partial charge in [-0.3, -0.25) is 9.89 Å². The molecule has 0 atom stereocenters. The van der Waals surface area contributed by atoms with Crippen LogP contribution in [0.4, 0.5) is 5.69 Å². The van der Waals surface area contributed by atoms with Crippen LogP contribution in [0.1, 0.15) is 33.8 Å². The zero-order valence-electron chi connectivity index (χ0n) is 16.6. The molecule has 0 spiro atoms. The summed E-state index contributed by atoms with van der Waals surface area (Å²) in [7, 11) is 0. The van der Waals surface area contributed by atoms with Crippen LogP contribution in [0, 0.1) is 20.8 Å². The molecular formula is C22H22ClN5O. The second-order valence-corrected chi connectivity index (χ2v) is 7.68. The van der Waals surface area contributed by atoms with Crippen molar-refractivity contribution < 1.29 is 0 Å². The van der Waals surface area contributed by atoms with Crippen LogP contribution in [0.15, 0.2) is 47.3 Å². The molecule has 2 N–H and O–H groups in total. The highest BCUT2D eigenvalue weighted by molar-refractivity contribution is 6.30. The van der Waals surface area contributed by atoms with Crippen molar-refractivity contribution >= 4 is 23.1 Å². The van der Waals surface area contributed by atoms with Crippen LogP contribution in [-0.2, 0) is 13.0 Å². The quantitative estimate of drug-likeness (QED) is 0.520. The van der Waals surface area contributed by atoms with Gasteiger partial charge in [-0.05, 0) is 61.7 Å². The van der Waals surface area contributed by atoms with E-state index in [9.17, 15) is 4.79 Å².